The molecule has 0 amide bonds. The zero-order valence-electron chi connectivity index (χ0n) is 11.6. The van der Waals surface area contributed by atoms with Crippen molar-refractivity contribution in [2.24, 2.45) is 0 Å². The normalized spacial score (nSPS) is 10.8. The second kappa shape index (κ2) is 6.45. The van der Waals surface area contributed by atoms with E-state index in [9.17, 15) is 0 Å². The summed E-state index contributed by atoms with van der Waals surface area (Å²) < 4.78 is 7.75. The molecule has 0 unspecified atom stereocenters. The molecule has 3 nitrogen and oxygen atoms in total. The van der Waals surface area contributed by atoms with Crippen LogP contribution in [-0.4, -0.2) is 11.6 Å². The van der Waals surface area contributed by atoms with Gasteiger partial charge in [0.2, 0.25) is 0 Å². The number of ether oxygens (including phenoxy) is 1. The van der Waals surface area contributed by atoms with Gasteiger partial charge < -0.3 is 10.1 Å². The van der Waals surface area contributed by atoms with Gasteiger partial charge in [0, 0.05) is 11.0 Å². The van der Waals surface area contributed by atoms with Crippen LogP contribution in [0, 0.1) is 0 Å². The Hall–Kier alpha value is -1.59. The maximum atomic E-state index is 5.52. The van der Waals surface area contributed by atoms with Gasteiger partial charge >= 0.3 is 0 Å². The number of hydrogen-bond acceptors (Lipinski definition) is 4. The summed E-state index contributed by atoms with van der Waals surface area (Å²) in [5.41, 5.74) is 2.22. The Bertz CT molecular complexity index is 757. The molecule has 2 aromatic carbocycles. The Balaban J connectivity index is 1.75. The van der Waals surface area contributed by atoms with E-state index in [-0.39, 0.29) is 0 Å². The Labute approximate surface area is 136 Å². The number of thiazole rings is 1. The highest BCUT2D eigenvalue weighted by molar-refractivity contribution is 9.10. The molecule has 3 rings (SSSR count). The first-order valence-electron chi connectivity index (χ1n) is 6.76. The van der Waals surface area contributed by atoms with Crippen LogP contribution < -0.4 is 10.1 Å². The molecular formula is C16H15BrN2OS. The average molecular weight is 363 g/mol. The highest BCUT2D eigenvalue weighted by atomic mass is 79.9. The Kier molecular flexibility index (Phi) is 4.41. The van der Waals surface area contributed by atoms with Crippen LogP contribution >= 0.6 is 27.3 Å². The van der Waals surface area contributed by atoms with E-state index in [1.165, 1.54) is 5.56 Å². The average Bonchev–Trinajstić information content (AvgIpc) is 2.88. The molecular weight excluding hydrogens is 348 g/mol. The largest absolute Gasteiger partial charge is 0.494 e. The summed E-state index contributed by atoms with van der Waals surface area (Å²) in [6.45, 7) is 3.43. The zero-order chi connectivity index (χ0) is 14.7. The van der Waals surface area contributed by atoms with E-state index in [0.29, 0.717) is 6.61 Å². The Morgan fingerprint density at radius 3 is 2.95 bits per heavy atom. The smallest absolute Gasteiger partial charge is 0.184 e. The predicted octanol–water partition coefficient (Wildman–Crippen LogP) is 5.07. The minimum absolute atomic E-state index is 0.679. The van der Waals surface area contributed by atoms with Crippen LogP contribution in [0.3, 0.4) is 0 Å². The number of hydrogen-bond donors (Lipinski definition) is 1. The summed E-state index contributed by atoms with van der Waals surface area (Å²) in [6.07, 6.45) is 0. The molecule has 0 atom stereocenters. The van der Waals surface area contributed by atoms with Crippen molar-refractivity contribution in [1.82, 2.24) is 4.98 Å². The van der Waals surface area contributed by atoms with Crippen molar-refractivity contribution in [3.05, 3.63) is 52.5 Å². The summed E-state index contributed by atoms with van der Waals surface area (Å²) in [7, 11) is 0. The number of anilines is 1. The quantitative estimate of drug-likeness (QED) is 0.687. The molecule has 0 aliphatic heterocycles. The predicted molar refractivity (Wildman–Crippen MR) is 92.3 cm³/mol. The van der Waals surface area contributed by atoms with Gasteiger partial charge in [-0.1, -0.05) is 39.4 Å². The van der Waals surface area contributed by atoms with Crippen molar-refractivity contribution >= 4 is 42.6 Å². The third-order valence-electron chi connectivity index (χ3n) is 3.00. The molecule has 0 fully saturated rings. The van der Waals surface area contributed by atoms with Gasteiger partial charge in [0.15, 0.2) is 5.13 Å². The summed E-state index contributed by atoms with van der Waals surface area (Å²) in [5, 5.41) is 4.30. The van der Waals surface area contributed by atoms with E-state index in [4.69, 9.17) is 4.74 Å². The molecule has 1 aromatic heterocycles. The molecule has 0 aliphatic rings. The van der Waals surface area contributed by atoms with Crippen molar-refractivity contribution in [2.45, 2.75) is 13.5 Å². The van der Waals surface area contributed by atoms with Crippen LogP contribution in [0.1, 0.15) is 12.5 Å². The first-order chi connectivity index (χ1) is 10.2. The van der Waals surface area contributed by atoms with Gasteiger partial charge in [-0.15, -0.1) is 0 Å². The minimum atomic E-state index is 0.679. The Morgan fingerprint density at radius 1 is 1.24 bits per heavy atom. The summed E-state index contributed by atoms with van der Waals surface area (Å²) >= 11 is 5.13. The van der Waals surface area contributed by atoms with Crippen LogP contribution in [-0.2, 0) is 6.54 Å². The van der Waals surface area contributed by atoms with Crippen LogP contribution in [0.5, 0.6) is 5.75 Å². The maximum Gasteiger partial charge on any atom is 0.184 e. The lowest BCUT2D eigenvalue weighted by molar-refractivity contribution is 0.341. The van der Waals surface area contributed by atoms with Gasteiger partial charge in [0.05, 0.1) is 16.8 Å². The summed E-state index contributed by atoms with van der Waals surface area (Å²) in [6, 6.07) is 14.3. The van der Waals surface area contributed by atoms with Gasteiger partial charge in [0.25, 0.3) is 0 Å². The van der Waals surface area contributed by atoms with E-state index < -0.39 is 0 Å². The van der Waals surface area contributed by atoms with Crippen molar-refractivity contribution in [2.75, 3.05) is 11.9 Å². The fourth-order valence-corrected chi connectivity index (χ4v) is 3.40. The third kappa shape index (κ3) is 3.54. The number of nitrogens with one attached hydrogen (secondary N) is 1. The SMILES string of the molecule is CCOc1ccc2nc(NCc3cccc(Br)c3)sc2c1. The van der Waals surface area contributed by atoms with E-state index in [1.807, 2.05) is 37.3 Å². The number of benzene rings is 2. The third-order valence-corrected chi connectivity index (χ3v) is 4.47. The fourth-order valence-electron chi connectivity index (χ4n) is 2.06. The van der Waals surface area contributed by atoms with E-state index in [1.54, 1.807) is 11.3 Å². The van der Waals surface area contributed by atoms with Crippen molar-refractivity contribution in [1.29, 1.82) is 0 Å². The van der Waals surface area contributed by atoms with Crippen LogP contribution in [0.15, 0.2) is 46.9 Å². The molecule has 0 aliphatic carbocycles. The highest BCUT2D eigenvalue weighted by Gasteiger charge is 2.05. The van der Waals surface area contributed by atoms with Crippen molar-refractivity contribution in [3.63, 3.8) is 0 Å². The first kappa shape index (κ1) is 14.4. The van der Waals surface area contributed by atoms with Gasteiger partial charge in [-0.25, -0.2) is 4.98 Å². The molecule has 21 heavy (non-hydrogen) atoms. The molecule has 3 aromatic rings. The highest BCUT2D eigenvalue weighted by Crippen LogP contribution is 2.29. The van der Waals surface area contributed by atoms with Crippen LogP contribution in [0.2, 0.25) is 0 Å². The van der Waals surface area contributed by atoms with Gasteiger partial charge in [-0.05, 0) is 42.8 Å². The molecule has 0 bridgehead atoms. The van der Waals surface area contributed by atoms with Crippen LogP contribution in [0.25, 0.3) is 10.2 Å². The molecule has 1 heterocycles. The maximum absolute atomic E-state index is 5.52. The van der Waals surface area contributed by atoms with Crippen LogP contribution in [0.4, 0.5) is 5.13 Å². The summed E-state index contributed by atoms with van der Waals surface area (Å²) in [4.78, 5) is 4.59. The Morgan fingerprint density at radius 2 is 2.14 bits per heavy atom. The second-order valence-corrected chi connectivity index (χ2v) is 6.51. The number of fused-ring (bicyclic) bond motifs is 1. The lowest BCUT2D eigenvalue weighted by Gasteiger charge is -2.02. The number of rotatable bonds is 5. The van der Waals surface area contributed by atoms with Crippen molar-refractivity contribution in [3.8, 4) is 5.75 Å². The van der Waals surface area contributed by atoms with Crippen molar-refractivity contribution < 1.29 is 4.74 Å². The second-order valence-electron chi connectivity index (χ2n) is 4.57. The zero-order valence-corrected chi connectivity index (χ0v) is 14.0. The topological polar surface area (TPSA) is 34.1 Å². The molecule has 1 N–H and O–H groups in total. The first-order valence-corrected chi connectivity index (χ1v) is 8.37. The van der Waals surface area contributed by atoms with E-state index >= 15 is 0 Å². The summed E-state index contributed by atoms with van der Waals surface area (Å²) in [5.74, 6) is 0.896. The van der Waals surface area contributed by atoms with E-state index in [2.05, 4.69) is 38.4 Å². The van der Waals surface area contributed by atoms with E-state index in [0.717, 1.165) is 32.1 Å². The number of aromatic nitrogens is 1. The number of halogens is 1. The van der Waals surface area contributed by atoms with Gasteiger partial charge in [-0.3, -0.25) is 0 Å². The molecule has 0 saturated carbocycles. The molecule has 0 spiro atoms. The number of nitrogens with zero attached hydrogens (tertiary/aromatic N) is 1. The van der Waals surface area contributed by atoms with Gasteiger partial charge in [0.1, 0.15) is 5.75 Å². The lowest BCUT2D eigenvalue weighted by Crippen LogP contribution is -1.98. The van der Waals surface area contributed by atoms with Gasteiger partial charge in [-0.2, -0.15) is 0 Å². The lowest BCUT2D eigenvalue weighted by atomic mass is 10.2. The minimum Gasteiger partial charge on any atom is -0.494 e. The standard InChI is InChI=1S/C16H15BrN2OS/c1-2-20-13-6-7-14-15(9-13)21-16(19-14)18-10-11-4-3-5-12(17)8-11/h3-9H,2,10H2,1H3,(H,18,19). The molecule has 0 radical (unpaired) electrons. The molecule has 0 saturated heterocycles. The fraction of sp³-hybridized carbons (Fsp3) is 0.188. The monoisotopic (exact) mass is 362 g/mol. The molecule has 108 valence electrons. The molecule has 5 heteroatoms.